The number of anilines is 1. The van der Waals surface area contributed by atoms with Crippen molar-refractivity contribution in [2.45, 2.75) is 39.2 Å². The summed E-state index contributed by atoms with van der Waals surface area (Å²) >= 11 is 0. The first-order valence-corrected chi connectivity index (χ1v) is 5.75. The van der Waals surface area contributed by atoms with Crippen LogP contribution in [0.5, 0.6) is 0 Å². The highest BCUT2D eigenvalue weighted by Gasteiger charge is 2.22. The molecule has 0 aromatic carbocycles. The Bertz CT molecular complexity index is 393. The standard InChI is InChI=1S/C12H19N3O2/c1-5-10(12(16)17)15(4)11-6-9(8(2)3)13-7-14-11/h6-8,10H,5H2,1-4H3,(H,16,17). The van der Waals surface area contributed by atoms with Gasteiger partial charge in [0.2, 0.25) is 0 Å². The normalized spacial score (nSPS) is 12.5. The van der Waals surface area contributed by atoms with Crippen LogP contribution in [0.1, 0.15) is 38.8 Å². The molecule has 94 valence electrons. The molecule has 1 aromatic heterocycles. The number of rotatable bonds is 5. The van der Waals surface area contributed by atoms with E-state index >= 15 is 0 Å². The van der Waals surface area contributed by atoms with E-state index in [1.807, 2.05) is 26.8 Å². The van der Waals surface area contributed by atoms with Crippen molar-refractivity contribution in [1.82, 2.24) is 9.97 Å². The van der Waals surface area contributed by atoms with Crippen molar-refractivity contribution in [3.63, 3.8) is 0 Å². The summed E-state index contributed by atoms with van der Waals surface area (Å²) in [4.78, 5) is 21.0. The molecule has 0 aliphatic rings. The van der Waals surface area contributed by atoms with E-state index in [1.165, 1.54) is 6.33 Å². The lowest BCUT2D eigenvalue weighted by molar-refractivity contribution is -0.138. The lowest BCUT2D eigenvalue weighted by atomic mass is 10.1. The van der Waals surface area contributed by atoms with Gasteiger partial charge in [-0.3, -0.25) is 0 Å². The van der Waals surface area contributed by atoms with Crippen LogP contribution in [0.4, 0.5) is 5.82 Å². The van der Waals surface area contributed by atoms with Gasteiger partial charge in [0.05, 0.1) is 0 Å². The minimum Gasteiger partial charge on any atom is -0.480 e. The lowest BCUT2D eigenvalue weighted by Gasteiger charge is -2.25. The van der Waals surface area contributed by atoms with Crippen LogP contribution in [0.25, 0.3) is 0 Å². The molecule has 1 heterocycles. The molecule has 1 atom stereocenters. The fraction of sp³-hybridized carbons (Fsp3) is 0.583. The predicted octanol–water partition coefficient (Wildman–Crippen LogP) is 1.90. The number of hydrogen-bond acceptors (Lipinski definition) is 4. The summed E-state index contributed by atoms with van der Waals surface area (Å²) in [5.41, 5.74) is 0.919. The number of carboxylic acid groups (broad SMARTS) is 1. The molecule has 1 aromatic rings. The summed E-state index contributed by atoms with van der Waals surface area (Å²) in [5.74, 6) is 0.118. The fourth-order valence-electron chi connectivity index (χ4n) is 1.64. The maximum atomic E-state index is 11.1. The molecule has 0 fully saturated rings. The Morgan fingerprint density at radius 1 is 1.47 bits per heavy atom. The third-order valence-electron chi connectivity index (χ3n) is 2.77. The molecular weight excluding hydrogens is 218 g/mol. The summed E-state index contributed by atoms with van der Waals surface area (Å²) in [6.45, 7) is 5.93. The Balaban J connectivity index is 2.98. The van der Waals surface area contributed by atoms with E-state index in [1.54, 1.807) is 11.9 Å². The summed E-state index contributed by atoms with van der Waals surface area (Å²) < 4.78 is 0. The average Bonchev–Trinajstić information content (AvgIpc) is 2.29. The summed E-state index contributed by atoms with van der Waals surface area (Å²) in [6.07, 6.45) is 2.02. The molecule has 0 saturated carbocycles. The van der Waals surface area contributed by atoms with Crippen molar-refractivity contribution in [3.8, 4) is 0 Å². The molecule has 0 saturated heterocycles. The van der Waals surface area contributed by atoms with Crippen LogP contribution in [-0.4, -0.2) is 34.1 Å². The zero-order valence-electron chi connectivity index (χ0n) is 10.7. The zero-order chi connectivity index (χ0) is 13.0. The van der Waals surface area contributed by atoms with Crippen molar-refractivity contribution >= 4 is 11.8 Å². The van der Waals surface area contributed by atoms with Crippen LogP contribution in [0.3, 0.4) is 0 Å². The van der Waals surface area contributed by atoms with Gasteiger partial charge in [-0.2, -0.15) is 0 Å². The molecule has 0 radical (unpaired) electrons. The van der Waals surface area contributed by atoms with Crippen LogP contribution in [0.2, 0.25) is 0 Å². The summed E-state index contributed by atoms with van der Waals surface area (Å²) in [5, 5.41) is 9.10. The number of aliphatic carboxylic acids is 1. The lowest BCUT2D eigenvalue weighted by Crippen LogP contribution is -2.38. The van der Waals surface area contributed by atoms with E-state index in [2.05, 4.69) is 9.97 Å². The van der Waals surface area contributed by atoms with Gasteiger partial charge in [0.25, 0.3) is 0 Å². The predicted molar refractivity (Wildman–Crippen MR) is 66.2 cm³/mol. The summed E-state index contributed by atoms with van der Waals surface area (Å²) in [7, 11) is 1.74. The van der Waals surface area contributed by atoms with Crippen LogP contribution < -0.4 is 4.90 Å². The minimum absolute atomic E-state index is 0.301. The largest absolute Gasteiger partial charge is 0.480 e. The van der Waals surface area contributed by atoms with Crippen LogP contribution >= 0.6 is 0 Å². The molecular formula is C12H19N3O2. The van der Waals surface area contributed by atoms with Crippen LogP contribution in [0.15, 0.2) is 12.4 Å². The first kappa shape index (κ1) is 13.4. The first-order chi connectivity index (χ1) is 7.97. The first-order valence-electron chi connectivity index (χ1n) is 5.75. The topological polar surface area (TPSA) is 66.3 Å². The van der Waals surface area contributed by atoms with E-state index in [-0.39, 0.29) is 0 Å². The Hall–Kier alpha value is -1.65. The van der Waals surface area contributed by atoms with Crippen molar-refractivity contribution < 1.29 is 9.90 Å². The van der Waals surface area contributed by atoms with Gasteiger partial charge in [0, 0.05) is 18.8 Å². The Labute approximate surface area is 102 Å². The molecule has 5 nitrogen and oxygen atoms in total. The van der Waals surface area contributed by atoms with Crippen molar-refractivity contribution in [2.24, 2.45) is 0 Å². The molecule has 1 unspecified atom stereocenters. The van der Waals surface area contributed by atoms with E-state index in [9.17, 15) is 4.79 Å². The Kier molecular flexibility index (Phi) is 4.43. The van der Waals surface area contributed by atoms with Crippen LogP contribution in [0, 0.1) is 0 Å². The van der Waals surface area contributed by atoms with Gasteiger partial charge >= 0.3 is 5.97 Å². The minimum atomic E-state index is -0.834. The molecule has 1 N–H and O–H groups in total. The number of carboxylic acids is 1. The Morgan fingerprint density at radius 2 is 2.12 bits per heavy atom. The number of hydrogen-bond donors (Lipinski definition) is 1. The molecule has 5 heteroatoms. The van der Waals surface area contributed by atoms with Crippen molar-refractivity contribution in [3.05, 3.63) is 18.1 Å². The highest BCUT2D eigenvalue weighted by Crippen LogP contribution is 2.18. The summed E-state index contributed by atoms with van der Waals surface area (Å²) in [6, 6.07) is 1.29. The van der Waals surface area contributed by atoms with E-state index in [0.717, 1.165) is 5.69 Å². The number of nitrogens with zero attached hydrogens (tertiary/aromatic N) is 3. The second-order valence-electron chi connectivity index (χ2n) is 4.33. The average molecular weight is 237 g/mol. The SMILES string of the molecule is CCC(C(=O)O)N(C)c1cc(C(C)C)ncn1. The van der Waals surface area contributed by atoms with E-state index in [0.29, 0.717) is 18.2 Å². The smallest absolute Gasteiger partial charge is 0.326 e. The van der Waals surface area contributed by atoms with Gasteiger partial charge < -0.3 is 10.0 Å². The second-order valence-corrected chi connectivity index (χ2v) is 4.33. The quantitative estimate of drug-likeness (QED) is 0.847. The van der Waals surface area contributed by atoms with Gasteiger partial charge in [0.1, 0.15) is 18.2 Å². The van der Waals surface area contributed by atoms with Gasteiger partial charge in [-0.1, -0.05) is 20.8 Å². The maximum Gasteiger partial charge on any atom is 0.326 e. The maximum absolute atomic E-state index is 11.1. The van der Waals surface area contributed by atoms with Crippen molar-refractivity contribution in [1.29, 1.82) is 0 Å². The molecule has 1 rings (SSSR count). The number of likely N-dealkylation sites (N-methyl/N-ethyl adjacent to an activating group) is 1. The van der Waals surface area contributed by atoms with E-state index < -0.39 is 12.0 Å². The van der Waals surface area contributed by atoms with Gasteiger partial charge in [-0.15, -0.1) is 0 Å². The zero-order valence-corrected chi connectivity index (χ0v) is 10.7. The number of aromatic nitrogens is 2. The van der Waals surface area contributed by atoms with E-state index in [4.69, 9.17) is 5.11 Å². The van der Waals surface area contributed by atoms with Crippen molar-refractivity contribution in [2.75, 3.05) is 11.9 Å². The molecule has 17 heavy (non-hydrogen) atoms. The van der Waals surface area contributed by atoms with Gasteiger partial charge in [-0.05, 0) is 12.3 Å². The third-order valence-corrected chi connectivity index (χ3v) is 2.77. The highest BCUT2D eigenvalue weighted by atomic mass is 16.4. The highest BCUT2D eigenvalue weighted by molar-refractivity contribution is 5.77. The monoisotopic (exact) mass is 237 g/mol. The second kappa shape index (κ2) is 5.61. The fourth-order valence-corrected chi connectivity index (χ4v) is 1.64. The molecule has 0 aliphatic carbocycles. The molecule has 0 bridgehead atoms. The van der Waals surface area contributed by atoms with Crippen LogP contribution in [-0.2, 0) is 4.79 Å². The third kappa shape index (κ3) is 3.15. The molecule has 0 amide bonds. The molecule has 0 aliphatic heterocycles. The molecule has 0 spiro atoms. The van der Waals surface area contributed by atoms with Gasteiger partial charge in [-0.25, -0.2) is 14.8 Å². The van der Waals surface area contributed by atoms with Gasteiger partial charge in [0.15, 0.2) is 0 Å². The Morgan fingerprint density at radius 3 is 2.59 bits per heavy atom. The number of carbonyl (C=O) groups is 1.